The average molecular weight is 466 g/mol. The van der Waals surface area contributed by atoms with Crippen LogP contribution in [0.1, 0.15) is 50.0 Å². The van der Waals surface area contributed by atoms with Crippen LogP contribution in [-0.4, -0.2) is 30.7 Å². The van der Waals surface area contributed by atoms with Gasteiger partial charge < -0.3 is 5.32 Å². The van der Waals surface area contributed by atoms with Gasteiger partial charge in [0.2, 0.25) is 5.78 Å². The molecule has 9 heteroatoms. The molecule has 1 amide bonds. The smallest absolute Gasteiger partial charge is 0.350 e. The summed E-state index contributed by atoms with van der Waals surface area (Å²) in [4.78, 5) is 39.5. The maximum absolute atomic E-state index is 14.3. The van der Waals surface area contributed by atoms with E-state index in [1.807, 2.05) is 27.7 Å². The standard InChI is InChI=1S/C25H28FN5O3/c1-5-16(4)27-22(32)17-10-11-19-21(12-17)31-24(29(23(19)33)13-15(2)3)28-30(25(31)34)14-18-8-6-7-9-20(18)26/h6-12,15-16H,5,13-14H2,1-4H3,(H,27,32). The van der Waals surface area contributed by atoms with Gasteiger partial charge in [-0.2, -0.15) is 0 Å². The van der Waals surface area contributed by atoms with E-state index in [1.165, 1.54) is 21.1 Å². The number of nitrogens with zero attached hydrogens (tertiary/aromatic N) is 4. The third-order valence-corrected chi connectivity index (χ3v) is 5.86. The number of hydrogen-bond acceptors (Lipinski definition) is 4. The maximum atomic E-state index is 14.3. The zero-order chi connectivity index (χ0) is 24.6. The second-order valence-corrected chi connectivity index (χ2v) is 8.99. The third kappa shape index (κ3) is 4.25. The zero-order valence-electron chi connectivity index (χ0n) is 19.7. The molecular formula is C25H28FN5O3. The van der Waals surface area contributed by atoms with E-state index >= 15 is 0 Å². The second kappa shape index (κ2) is 9.24. The SMILES string of the molecule is CCC(C)NC(=O)c1ccc2c(=O)n(CC(C)C)c3nn(Cc4ccccc4F)c(=O)n3c2c1. The Morgan fingerprint density at radius 1 is 1.12 bits per heavy atom. The molecule has 0 aliphatic carbocycles. The highest BCUT2D eigenvalue weighted by Gasteiger charge is 2.20. The number of benzene rings is 2. The summed E-state index contributed by atoms with van der Waals surface area (Å²) in [5, 5.41) is 7.62. The summed E-state index contributed by atoms with van der Waals surface area (Å²) < 4.78 is 18.2. The summed E-state index contributed by atoms with van der Waals surface area (Å²) in [7, 11) is 0. The van der Waals surface area contributed by atoms with Gasteiger partial charge >= 0.3 is 5.69 Å². The van der Waals surface area contributed by atoms with Crippen LogP contribution in [0, 0.1) is 11.7 Å². The molecule has 4 aromatic rings. The highest BCUT2D eigenvalue weighted by atomic mass is 19.1. The summed E-state index contributed by atoms with van der Waals surface area (Å²) in [6.07, 6.45) is 0.770. The van der Waals surface area contributed by atoms with Gasteiger partial charge in [-0.15, -0.1) is 5.10 Å². The molecule has 0 saturated heterocycles. The van der Waals surface area contributed by atoms with Crippen molar-refractivity contribution in [1.82, 2.24) is 24.1 Å². The van der Waals surface area contributed by atoms with Crippen molar-refractivity contribution < 1.29 is 9.18 Å². The Bertz CT molecular complexity index is 1500. The van der Waals surface area contributed by atoms with Gasteiger partial charge in [-0.1, -0.05) is 39.0 Å². The van der Waals surface area contributed by atoms with E-state index < -0.39 is 11.5 Å². The Labute approximate surface area is 195 Å². The van der Waals surface area contributed by atoms with E-state index in [1.54, 1.807) is 30.3 Å². The quantitative estimate of drug-likeness (QED) is 0.454. The van der Waals surface area contributed by atoms with E-state index in [2.05, 4.69) is 10.4 Å². The lowest BCUT2D eigenvalue weighted by Crippen LogP contribution is -2.32. The van der Waals surface area contributed by atoms with Crippen LogP contribution in [0.25, 0.3) is 16.7 Å². The molecule has 0 aliphatic heterocycles. The second-order valence-electron chi connectivity index (χ2n) is 8.99. The first-order valence-electron chi connectivity index (χ1n) is 11.4. The Morgan fingerprint density at radius 2 is 1.85 bits per heavy atom. The number of aromatic nitrogens is 4. The molecule has 0 bridgehead atoms. The minimum Gasteiger partial charge on any atom is -0.350 e. The first-order valence-corrected chi connectivity index (χ1v) is 11.4. The summed E-state index contributed by atoms with van der Waals surface area (Å²) in [6.45, 7) is 8.06. The van der Waals surface area contributed by atoms with Crippen molar-refractivity contribution in [2.24, 2.45) is 5.92 Å². The first-order chi connectivity index (χ1) is 16.2. The fourth-order valence-electron chi connectivity index (χ4n) is 3.89. The van der Waals surface area contributed by atoms with Crippen LogP contribution in [0.2, 0.25) is 0 Å². The Kier molecular flexibility index (Phi) is 6.37. The van der Waals surface area contributed by atoms with Gasteiger partial charge in [-0.3, -0.25) is 14.2 Å². The third-order valence-electron chi connectivity index (χ3n) is 5.86. The number of nitrogens with one attached hydrogen (secondary N) is 1. The van der Waals surface area contributed by atoms with Crippen molar-refractivity contribution in [3.05, 3.63) is 80.2 Å². The van der Waals surface area contributed by atoms with Crippen LogP contribution in [0.15, 0.2) is 52.1 Å². The molecule has 0 aliphatic rings. The molecule has 1 unspecified atom stereocenters. The minimum atomic E-state index is -0.514. The average Bonchev–Trinajstić information content (AvgIpc) is 3.13. The predicted molar refractivity (Wildman–Crippen MR) is 129 cm³/mol. The van der Waals surface area contributed by atoms with Crippen molar-refractivity contribution in [3.8, 4) is 0 Å². The largest absolute Gasteiger partial charge is 0.352 e. The van der Waals surface area contributed by atoms with E-state index in [4.69, 9.17) is 0 Å². The first kappa shape index (κ1) is 23.4. The lowest BCUT2D eigenvalue weighted by molar-refractivity contribution is 0.0939. The topological polar surface area (TPSA) is 90.4 Å². The lowest BCUT2D eigenvalue weighted by Gasteiger charge is -2.14. The highest BCUT2D eigenvalue weighted by Crippen LogP contribution is 2.16. The maximum Gasteiger partial charge on any atom is 0.352 e. The van der Waals surface area contributed by atoms with Crippen LogP contribution in [0.4, 0.5) is 4.39 Å². The minimum absolute atomic E-state index is 0.0199. The molecule has 8 nitrogen and oxygen atoms in total. The number of rotatable bonds is 7. The molecule has 4 rings (SSSR count). The molecule has 0 fully saturated rings. The number of hydrogen-bond donors (Lipinski definition) is 1. The molecule has 2 aromatic carbocycles. The fourth-order valence-corrected chi connectivity index (χ4v) is 3.89. The van der Waals surface area contributed by atoms with Crippen LogP contribution in [0.3, 0.4) is 0 Å². The van der Waals surface area contributed by atoms with E-state index in [0.29, 0.717) is 28.6 Å². The molecule has 2 aromatic heterocycles. The summed E-state index contributed by atoms with van der Waals surface area (Å²) >= 11 is 0. The van der Waals surface area contributed by atoms with Crippen molar-refractivity contribution >= 4 is 22.6 Å². The Morgan fingerprint density at radius 3 is 2.53 bits per heavy atom. The lowest BCUT2D eigenvalue weighted by atomic mass is 10.1. The molecule has 0 saturated carbocycles. The predicted octanol–water partition coefficient (Wildman–Crippen LogP) is 3.18. The highest BCUT2D eigenvalue weighted by molar-refractivity contribution is 5.98. The van der Waals surface area contributed by atoms with Crippen molar-refractivity contribution in [3.63, 3.8) is 0 Å². The molecule has 0 radical (unpaired) electrons. The number of amides is 1. The van der Waals surface area contributed by atoms with Crippen LogP contribution in [0.5, 0.6) is 0 Å². The van der Waals surface area contributed by atoms with Gasteiger partial charge in [-0.25, -0.2) is 18.3 Å². The summed E-state index contributed by atoms with van der Waals surface area (Å²) in [5.41, 5.74) is 0.127. The molecule has 1 N–H and O–H groups in total. The van der Waals surface area contributed by atoms with E-state index in [9.17, 15) is 18.8 Å². The molecule has 0 spiro atoms. The van der Waals surface area contributed by atoms with Gasteiger partial charge in [0.05, 0.1) is 17.4 Å². The summed E-state index contributed by atoms with van der Waals surface area (Å²) in [6, 6.07) is 10.8. The monoisotopic (exact) mass is 465 g/mol. The van der Waals surface area contributed by atoms with Gasteiger partial charge in [0.1, 0.15) is 5.82 Å². The van der Waals surface area contributed by atoms with Crippen molar-refractivity contribution in [1.29, 1.82) is 0 Å². The van der Waals surface area contributed by atoms with Crippen LogP contribution in [-0.2, 0) is 13.1 Å². The van der Waals surface area contributed by atoms with Crippen LogP contribution < -0.4 is 16.6 Å². The molecule has 2 heterocycles. The van der Waals surface area contributed by atoms with Gasteiger partial charge in [-0.05, 0) is 43.5 Å². The molecule has 34 heavy (non-hydrogen) atoms. The fraction of sp³-hybridized carbons (Fsp3) is 0.360. The molecular weight excluding hydrogens is 437 g/mol. The number of fused-ring (bicyclic) bond motifs is 3. The van der Waals surface area contributed by atoms with E-state index in [-0.39, 0.29) is 35.7 Å². The number of carbonyl (C=O) groups is 1. The summed E-state index contributed by atoms with van der Waals surface area (Å²) in [5.74, 6) is -0.458. The van der Waals surface area contributed by atoms with E-state index in [0.717, 1.165) is 11.1 Å². The molecule has 178 valence electrons. The number of carbonyl (C=O) groups excluding carboxylic acids is 1. The van der Waals surface area contributed by atoms with Gasteiger partial charge in [0.25, 0.3) is 11.5 Å². The Balaban J connectivity index is 1.97. The Hall–Kier alpha value is -3.75. The van der Waals surface area contributed by atoms with Gasteiger partial charge in [0, 0.05) is 23.7 Å². The normalized spacial score (nSPS) is 12.5. The molecule has 1 atom stereocenters. The van der Waals surface area contributed by atoms with Crippen molar-refractivity contribution in [2.45, 2.75) is 53.2 Å². The van der Waals surface area contributed by atoms with Crippen molar-refractivity contribution in [2.75, 3.05) is 0 Å². The number of halogens is 1. The van der Waals surface area contributed by atoms with Gasteiger partial charge in [0.15, 0.2) is 0 Å². The zero-order valence-corrected chi connectivity index (χ0v) is 19.7. The van der Waals surface area contributed by atoms with Crippen LogP contribution >= 0.6 is 0 Å².